The highest BCUT2D eigenvalue weighted by Crippen LogP contribution is 2.25. The lowest BCUT2D eigenvalue weighted by molar-refractivity contribution is -0.121. The van der Waals surface area contributed by atoms with E-state index in [-0.39, 0.29) is 17.7 Å². The number of anilines is 1. The molecule has 2 aromatic rings. The first-order chi connectivity index (χ1) is 12.4. The number of nitrogens with zero attached hydrogens (tertiary/aromatic N) is 1. The van der Waals surface area contributed by atoms with Crippen LogP contribution in [0, 0.1) is 5.92 Å². The molecule has 0 radical (unpaired) electrons. The summed E-state index contributed by atoms with van der Waals surface area (Å²) in [6, 6.07) is 12.2. The van der Waals surface area contributed by atoms with Crippen molar-refractivity contribution in [3.8, 4) is 0 Å². The summed E-state index contributed by atoms with van der Waals surface area (Å²) in [6.45, 7) is 1.12. The van der Waals surface area contributed by atoms with E-state index >= 15 is 0 Å². The first-order valence-electron chi connectivity index (χ1n) is 8.24. The summed E-state index contributed by atoms with van der Waals surface area (Å²) >= 11 is 15.3. The number of piperidine rings is 1. The number of nitrogens with one attached hydrogen (secondary N) is 1. The molecule has 7 heteroatoms. The predicted molar refractivity (Wildman–Crippen MR) is 108 cm³/mol. The van der Waals surface area contributed by atoms with Crippen molar-refractivity contribution in [2.75, 3.05) is 18.4 Å². The van der Waals surface area contributed by atoms with Gasteiger partial charge in [-0.3, -0.25) is 9.59 Å². The molecule has 1 fully saturated rings. The zero-order chi connectivity index (χ0) is 18.7. The number of halogens is 3. The number of benzene rings is 2. The van der Waals surface area contributed by atoms with Gasteiger partial charge in [-0.2, -0.15) is 0 Å². The second kappa shape index (κ2) is 8.42. The van der Waals surface area contributed by atoms with Crippen molar-refractivity contribution in [1.29, 1.82) is 0 Å². The minimum absolute atomic E-state index is 0.00187. The molecular weight excluding hydrogens is 439 g/mol. The molecule has 1 heterocycles. The maximum Gasteiger partial charge on any atom is 0.253 e. The summed E-state index contributed by atoms with van der Waals surface area (Å²) in [5.41, 5.74) is 1.24. The van der Waals surface area contributed by atoms with E-state index in [0.717, 1.165) is 4.47 Å². The predicted octanol–water partition coefficient (Wildman–Crippen LogP) is 5.25. The van der Waals surface area contributed by atoms with E-state index in [1.807, 2.05) is 12.1 Å². The number of carbonyl (C=O) groups excluding carboxylic acids is 2. The standard InChI is InChI=1S/C19H17BrCl2N2O2/c20-14-3-1-13(2-4-14)19(26)24-7-5-12(6-8-24)18(25)23-17-10-15(21)9-16(22)11-17/h1-4,9-12H,5-8H2,(H,23,25). The molecule has 4 nitrogen and oxygen atoms in total. The van der Waals surface area contributed by atoms with Crippen LogP contribution in [0.25, 0.3) is 0 Å². The topological polar surface area (TPSA) is 49.4 Å². The van der Waals surface area contributed by atoms with Crippen LogP contribution >= 0.6 is 39.1 Å². The molecule has 136 valence electrons. The van der Waals surface area contributed by atoms with Gasteiger partial charge in [0.15, 0.2) is 0 Å². The average Bonchev–Trinajstić information content (AvgIpc) is 2.61. The van der Waals surface area contributed by atoms with Gasteiger partial charge in [0.2, 0.25) is 5.91 Å². The van der Waals surface area contributed by atoms with Crippen molar-refractivity contribution in [2.45, 2.75) is 12.8 Å². The van der Waals surface area contributed by atoms with E-state index in [0.29, 0.717) is 47.2 Å². The highest BCUT2D eigenvalue weighted by molar-refractivity contribution is 9.10. The van der Waals surface area contributed by atoms with Crippen molar-refractivity contribution in [1.82, 2.24) is 4.90 Å². The lowest BCUT2D eigenvalue weighted by Crippen LogP contribution is -2.41. The van der Waals surface area contributed by atoms with Gasteiger partial charge < -0.3 is 10.2 Å². The third-order valence-electron chi connectivity index (χ3n) is 4.37. The average molecular weight is 456 g/mol. The summed E-state index contributed by atoms with van der Waals surface area (Å²) in [5, 5.41) is 3.81. The molecule has 0 unspecified atom stereocenters. The van der Waals surface area contributed by atoms with E-state index < -0.39 is 0 Å². The van der Waals surface area contributed by atoms with Crippen molar-refractivity contribution < 1.29 is 9.59 Å². The smallest absolute Gasteiger partial charge is 0.253 e. The zero-order valence-corrected chi connectivity index (χ0v) is 16.9. The molecule has 0 saturated carbocycles. The Bertz CT molecular complexity index is 799. The summed E-state index contributed by atoms with van der Waals surface area (Å²) in [4.78, 5) is 26.8. The SMILES string of the molecule is O=C(Nc1cc(Cl)cc(Cl)c1)C1CCN(C(=O)c2ccc(Br)cc2)CC1. The highest BCUT2D eigenvalue weighted by Gasteiger charge is 2.28. The van der Waals surface area contributed by atoms with Gasteiger partial charge in [0.1, 0.15) is 0 Å². The van der Waals surface area contributed by atoms with Crippen LogP contribution in [0.2, 0.25) is 10.0 Å². The van der Waals surface area contributed by atoms with E-state index in [1.54, 1.807) is 35.2 Å². The van der Waals surface area contributed by atoms with E-state index in [9.17, 15) is 9.59 Å². The van der Waals surface area contributed by atoms with Gasteiger partial charge in [0.05, 0.1) is 0 Å². The Morgan fingerprint density at radius 2 is 1.58 bits per heavy atom. The molecule has 1 N–H and O–H groups in total. The minimum atomic E-state index is -0.137. The molecule has 3 rings (SSSR count). The molecule has 0 aliphatic carbocycles. The Kier molecular flexibility index (Phi) is 6.22. The van der Waals surface area contributed by atoms with Crippen molar-refractivity contribution in [2.24, 2.45) is 5.92 Å². The molecule has 1 saturated heterocycles. The Hall–Kier alpha value is -1.56. The lowest BCUT2D eigenvalue weighted by Gasteiger charge is -2.31. The number of rotatable bonds is 3. The second-order valence-electron chi connectivity index (χ2n) is 6.22. The Balaban J connectivity index is 1.56. The number of likely N-dealkylation sites (tertiary alicyclic amines) is 1. The largest absolute Gasteiger partial charge is 0.339 e. The first-order valence-corrected chi connectivity index (χ1v) is 9.79. The van der Waals surface area contributed by atoms with Crippen molar-refractivity contribution in [3.05, 3.63) is 62.5 Å². The fourth-order valence-electron chi connectivity index (χ4n) is 2.99. The van der Waals surface area contributed by atoms with Crippen LogP contribution in [0.1, 0.15) is 23.2 Å². The number of carbonyl (C=O) groups is 2. The fraction of sp³-hybridized carbons (Fsp3) is 0.263. The molecule has 2 aromatic carbocycles. The van der Waals surface area contributed by atoms with Gasteiger partial charge in [0.25, 0.3) is 5.91 Å². The molecule has 2 amide bonds. The van der Waals surface area contributed by atoms with Gasteiger partial charge in [-0.25, -0.2) is 0 Å². The van der Waals surface area contributed by atoms with Crippen LogP contribution in [-0.2, 0) is 4.79 Å². The van der Waals surface area contributed by atoms with Crippen molar-refractivity contribution >= 4 is 56.6 Å². The van der Waals surface area contributed by atoms with Gasteiger partial charge >= 0.3 is 0 Å². The fourth-order valence-corrected chi connectivity index (χ4v) is 3.78. The van der Waals surface area contributed by atoms with Crippen LogP contribution < -0.4 is 5.32 Å². The summed E-state index contributed by atoms with van der Waals surface area (Å²) in [6.07, 6.45) is 1.25. The Morgan fingerprint density at radius 3 is 2.15 bits per heavy atom. The maximum absolute atomic E-state index is 12.5. The minimum Gasteiger partial charge on any atom is -0.339 e. The van der Waals surface area contributed by atoms with E-state index in [2.05, 4.69) is 21.2 Å². The normalized spacial score (nSPS) is 15.0. The third kappa shape index (κ3) is 4.78. The molecule has 26 heavy (non-hydrogen) atoms. The molecule has 0 spiro atoms. The summed E-state index contributed by atoms with van der Waals surface area (Å²) in [5.74, 6) is -0.209. The van der Waals surface area contributed by atoms with Crippen LogP contribution in [-0.4, -0.2) is 29.8 Å². The number of hydrogen-bond acceptors (Lipinski definition) is 2. The molecule has 1 aliphatic heterocycles. The lowest BCUT2D eigenvalue weighted by atomic mass is 9.95. The van der Waals surface area contributed by atoms with E-state index in [1.165, 1.54) is 0 Å². The molecule has 1 aliphatic rings. The van der Waals surface area contributed by atoms with Crippen LogP contribution in [0.4, 0.5) is 5.69 Å². The Morgan fingerprint density at radius 1 is 1.00 bits per heavy atom. The van der Waals surface area contributed by atoms with Crippen LogP contribution in [0.3, 0.4) is 0 Å². The molecular formula is C19H17BrCl2N2O2. The Labute approximate surface area is 170 Å². The summed E-state index contributed by atoms with van der Waals surface area (Å²) in [7, 11) is 0. The van der Waals surface area contributed by atoms with Gasteiger partial charge in [-0.1, -0.05) is 39.1 Å². The van der Waals surface area contributed by atoms with Gasteiger partial charge in [0, 0.05) is 44.8 Å². The quantitative estimate of drug-likeness (QED) is 0.687. The number of hydrogen-bond donors (Lipinski definition) is 1. The molecule has 0 aromatic heterocycles. The highest BCUT2D eigenvalue weighted by atomic mass is 79.9. The third-order valence-corrected chi connectivity index (χ3v) is 5.34. The van der Waals surface area contributed by atoms with Crippen molar-refractivity contribution in [3.63, 3.8) is 0 Å². The number of amides is 2. The second-order valence-corrected chi connectivity index (χ2v) is 8.01. The molecule has 0 bridgehead atoms. The molecule has 0 atom stereocenters. The summed E-state index contributed by atoms with van der Waals surface area (Å²) < 4.78 is 0.936. The van der Waals surface area contributed by atoms with Crippen LogP contribution in [0.5, 0.6) is 0 Å². The maximum atomic E-state index is 12.5. The monoisotopic (exact) mass is 454 g/mol. The van der Waals surface area contributed by atoms with E-state index in [4.69, 9.17) is 23.2 Å². The van der Waals surface area contributed by atoms with Gasteiger partial charge in [-0.15, -0.1) is 0 Å². The first kappa shape index (κ1) is 19.2. The van der Waals surface area contributed by atoms with Crippen LogP contribution in [0.15, 0.2) is 46.9 Å². The zero-order valence-electron chi connectivity index (χ0n) is 13.8. The van der Waals surface area contributed by atoms with Gasteiger partial charge in [-0.05, 0) is 55.3 Å².